The summed E-state index contributed by atoms with van der Waals surface area (Å²) in [5.74, 6) is 0. The second-order valence-corrected chi connectivity index (χ2v) is 12.5. The van der Waals surface area contributed by atoms with Crippen LogP contribution in [0, 0.1) is 22.7 Å². The monoisotopic (exact) mass is 568 g/mol. The highest BCUT2D eigenvalue weighted by atomic mass is 32.1. The zero-order valence-electron chi connectivity index (χ0n) is 22.3. The van der Waals surface area contributed by atoms with Gasteiger partial charge in [0.1, 0.15) is 0 Å². The van der Waals surface area contributed by atoms with Gasteiger partial charge in [0.15, 0.2) is 0 Å². The van der Waals surface area contributed by atoms with Crippen molar-refractivity contribution in [2.24, 2.45) is 0 Å². The summed E-state index contributed by atoms with van der Waals surface area (Å²) in [5, 5.41) is 24.3. The van der Waals surface area contributed by atoms with Gasteiger partial charge in [-0.1, -0.05) is 78.9 Å². The predicted molar refractivity (Wildman–Crippen MR) is 178 cm³/mol. The molecule has 0 bridgehead atoms. The summed E-state index contributed by atoms with van der Waals surface area (Å²) < 4.78 is 4.90. The fraction of sp³-hybridized carbons (Fsp3) is 0. The lowest BCUT2D eigenvalue weighted by Crippen LogP contribution is -1.90. The Labute approximate surface area is 250 Å². The molecule has 0 unspecified atom stereocenters. The number of hydrogen-bond donors (Lipinski definition) is 0. The maximum Gasteiger partial charge on any atom is 0.0998 e. The highest BCUT2D eigenvalue weighted by molar-refractivity contribution is 7.26. The van der Waals surface area contributed by atoms with Crippen molar-refractivity contribution in [2.75, 3.05) is 0 Å². The molecule has 0 aliphatic rings. The van der Waals surface area contributed by atoms with Crippen molar-refractivity contribution in [1.82, 2.24) is 0 Å². The summed E-state index contributed by atoms with van der Waals surface area (Å²) in [5.41, 5.74) is 7.77. The molecular formula is C38H20N2S2. The molecule has 0 saturated carbocycles. The van der Waals surface area contributed by atoms with Crippen LogP contribution in [-0.2, 0) is 0 Å². The zero-order chi connectivity index (χ0) is 28.2. The fourth-order valence-corrected chi connectivity index (χ4v) is 8.35. The lowest BCUT2D eigenvalue weighted by molar-refractivity contribution is 1.48. The molecule has 0 fully saturated rings. The molecule has 194 valence electrons. The molecule has 0 spiro atoms. The third-order valence-electron chi connectivity index (χ3n) is 7.98. The van der Waals surface area contributed by atoms with Gasteiger partial charge < -0.3 is 0 Å². The van der Waals surface area contributed by atoms with E-state index < -0.39 is 0 Å². The van der Waals surface area contributed by atoms with Crippen molar-refractivity contribution in [2.45, 2.75) is 0 Å². The average molecular weight is 569 g/mol. The van der Waals surface area contributed by atoms with Gasteiger partial charge in [0.25, 0.3) is 0 Å². The van der Waals surface area contributed by atoms with E-state index in [0.29, 0.717) is 11.1 Å². The largest absolute Gasteiger partial charge is 0.192 e. The average Bonchev–Trinajstić information content (AvgIpc) is 3.62. The first-order valence-electron chi connectivity index (χ1n) is 13.6. The van der Waals surface area contributed by atoms with Crippen LogP contribution < -0.4 is 0 Å². The van der Waals surface area contributed by atoms with E-state index in [0.717, 1.165) is 44.2 Å². The Balaban J connectivity index is 1.37. The molecule has 42 heavy (non-hydrogen) atoms. The van der Waals surface area contributed by atoms with E-state index in [-0.39, 0.29) is 0 Å². The van der Waals surface area contributed by atoms with Gasteiger partial charge in [-0.2, -0.15) is 10.5 Å². The topological polar surface area (TPSA) is 47.6 Å². The molecular weight excluding hydrogens is 549 g/mol. The van der Waals surface area contributed by atoms with Crippen LogP contribution in [0.25, 0.3) is 73.7 Å². The molecule has 2 aromatic heterocycles. The smallest absolute Gasteiger partial charge is 0.0998 e. The first-order valence-corrected chi connectivity index (χ1v) is 15.3. The Hall–Kier alpha value is -5.26. The van der Waals surface area contributed by atoms with Gasteiger partial charge in [0.2, 0.25) is 0 Å². The van der Waals surface area contributed by atoms with Crippen molar-refractivity contribution >= 4 is 63.0 Å². The number of hydrogen-bond acceptors (Lipinski definition) is 4. The number of thiophene rings is 2. The van der Waals surface area contributed by atoms with Crippen LogP contribution >= 0.6 is 22.7 Å². The van der Waals surface area contributed by atoms with E-state index in [1.807, 2.05) is 53.8 Å². The summed E-state index contributed by atoms with van der Waals surface area (Å²) in [6.45, 7) is 0. The van der Waals surface area contributed by atoms with Gasteiger partial charge in [-0.25, -0.2) is 0 Å². The highest BCUT2D eigenvalue weighted by Gasteiger charge is 2.17. The van der Waals surface area contributed by atoms with Crippen LogP contribution in [0.5, 0.6) is 0 Å². The molecule has 2 heterocycles. The van der Waals surface area contributed by atoms with Crippen molar-refractivity contribution in [1.29, 1.82) is 10.5 Å². The number of fused-ring (bicyclic) bond motifs is 6. The minimum atomic E-state index is 0.656. The lowest BCUT2D eigenvalue weighted by Gasteiger charge is -2.15. The third-order valence-corrected chi connectivity index (χ3v) is 10.3. The van der Waals surface area contributed by atoms with Crippen LogP contribution in [0.15, 0.2) is 121 Å². The molecule has 8 aromatic rings. The van der Waals surface area contributed by atoms with Gasteiger partial charge >= 0.3 is 0 Å². The van der Waals surface area contributed by atoms with E-state index in [9.17, 15) is 10.5 Å². The molecule has 0 aliphatic carbocycles. The van der Waals surface area contributed by atoms with Gasteiger partial charge in [0.05, 0.1) is 23.3 Å². The van der Waals surface area contributed by atoms with Gasteiger partial charge in [-0.05, 0) is 70.3 Å². The Morgan fingerprint density at radius 3 is 2.07 bits per heavy atom. The molecule has 6 aromatic carbocycles. The SMILES string of the molecule is N#Cc1ccc2sc3c(-c4ccc(-c5ccc6c(c5)sc5ccccc56)c(-c5ccccc5C#N)c4)cccc3c2c1. The maximum absolute atomic E-state index is 10.0. The summed E-state index contributed by atoms with van der Waals surface area (Å²) in [6, 6.07) is 46.8. The van der Waals surface area contributed by atoms with E-state index in [2.05, 4.69) is 91.0 Å². The predicted octanol–water partition coefficient (Wildman–Crippen LogP) is 11.2. The zero-order valence-corrected chi connectivity index (χ0v) is 23.9. The van der Waals surface area contributed by atoms with Gasteiger partial charge in [-0.15, -0.1) is 22.7 Å². The first kappa shape index (κ1) is 24.5. The second-order valence-electron chi connectivity index (χ2n) is 10.3. The number of benzene rings is 6. The molecule has 0 aliphatic heterocycles. The minimum absolute atomic E-state index is 0.656. The number of nitrogens with zero attached hydrogens (tertiary/aromatic N) is 2. The van der Waals surface area contributed by atoms with Crippen molar-refractivity contribution in [3.8, 4) is 45.5 Å². The molecule has 0 N–H and O–H groups in total. The molecule has 0 amide bonds. The minimum Gasteiger partial charge on any atom is -0.192 e. The number of rotatable bonds is 3. The van der Waals surface area contributed by atoms with Crippen molar-refractivity contribution in [3.05, 3.63) is 132 Å². The number of nitriles is 2. The Morgan fingerprint density at radius 1 is 0.429 bits per heavy atom. The molecule has 8 rings (SSSR count). The van der Waals surface area contributed by atoms with Crippen LogP contribution in [0.4, 0.5) is 0 Å². The molecule has 4 heteroatoms. The summed E-state index contributed by atoms with van der Waals surface area (Å²) in [6.07, 6.45) is 0. The van der Waals surface area contributed by atoms with E-state index in [1.54, 1.807) is 11.3 Å². The normalized spacial score (nSPS) is 11.3. The molecule has 0 atom stereocenters. The summed E-state index contributed by atoms with van der Waals surface area (Å²) >= 11 is 3.57. The van der Waals surface area contributed by atoms with Crippen LogP contribution in [0.3, 0.4) is 0 Å². The van der Waals surface area contributed by atoms with Crippen molar-refractivity contribution < 1.29 is 0 Å². The fourth-order valence-electron chi connectivity index (χ4n) is 5.99. The molecule has 0 radical (unpaired) electrons. The van der Waals surface area contributed by atoms with E-state index in [4.69, 9.17) is 0 Å². The van der Waals surface area contributed by atoms with Gasteiger partial charge in [0, 0.05) is 45.9 Å². The van der Waals surface area contributed by atoms with Gasteiger partial charge in [-0.3, -0.25) is 0 Å². The maximum atomic E-state index is 10.0. The summed E-state index contributed by atoms with van der Waals surface area (Å²) in [4.78, 5) is 0. The van der Waals surface area contributed by atoms with E-state index in [1.165, 1.54) is 29.6 Å². The van der Waals surface area contributed by atoms with Crippen molar-refractivity contribution in [3.63, 3.8) is 0 Å². The third kappa shape index (κ3) is 3.82. The second kappa shape index (κ2) is 9.68. The van der Waals surface area contributed by atoms with Crippen LogP contribution in [0.1, 0.15) is 11.1 Å². The van der Waals surface area contributed by atoms with Crippen LogP contribution in [-0.4, -0.2) is 0 Å². The standard InChI is InChI=1S/C38H20N2S2/c39-21-23-12-17-36-34(18-23)32-10-5-9-29(38(32)42-36)24-13-15-28(33(19-24)27-7-2-1-6-26(27)22-40)25-14-16-31-30-8-3-4-11-35(30)41-37(31)20-25/h1-20H. The quantitative estimate of drug-likeness (QED) is 0.213. The van der Waals surface area contributed by atoms with E-state index >= 15 is 0 Å². The molecule has 2 nitrogen and oxygen atoms in total. The Morgan fingerprint density at radius 2 is 1.17 bits per heavy atom. The first-order chi connectivity index (χ1) is 20.7. The van der Waals surface area contributed by atoms with Crippen LogP contribution in [0.2, 0.25) is 0 Å². The lowest BCUT2D eigenvalue weighted by atomic mass is 9.89. The molecule has 0 saturated heterocycles. The summed E-state index contributed by atoms with van der Waals surface area (Å²) in [7, 11) is 0. The Bertz CT molecular complexity index is 2450. The Kier molecular flexibility index (Phi) is 5.66. The highest BCUT2D eigenvalue weighted by Crippen LogP contribution is 2.44.